The van der Waals surface area contributed by atoms with Crippen LogP contribution in [0.4, 0.5) is 4.79 Å². The summed E-state index contributed by atoms with van der Waals surface area (Å²) in [6, 6.07) is 10.2. The number of aromatic amines is 1. The molecule has 0 radical (unpaired) electrons. The van der Waals surface area contributed by atoms with Gasteiger partial charge in [-0.25, -0.2) is 4.79 Å². The smallest absolute Gasteiger partial charge is 0.410 e. The number of nitrogens with one attached hydrogen (secondary N) is 1. The number of carbonyl (C=O) groups is 2. The molecular formula is C19H22N4O3. The van der Waals surface area contributed by atoms with E-state index in [4.69, 9.17) is 4.74 Å². The van der Waals surface area contributed by atoms with Crippen LogP contribution in [-0.4, -0.2) is 64.8 Å². The average molecular weight is 354 g/mol. The number of rotatable bonds is 4. The molecule has 0 bridgehead atoms. The van der Waals surface area contributed by atoms with Crippen LogP contribution in [0.2, 0.25) is 0 Å². The second-order valence-corrected chi connectivity index (χ2v) is 6.78. The van der Waals surface area contributed by atoms with E-state index in [2.05, 4.69) is 22.3 Å². The van der Waals surface area contributed by atoms with Gasteiger partial charge in [0.15, 0.2) is 0 Å². The molecule has 2 amide bonds. The summed E-state index contributed by atoms with van der Waals surface area (Å²) >= 11 is 0. The minimum absolute atomic E-state index is 0.0191. The van der Waals surface area contributed by atoms with Gasteiger partial charge in [-0.05, 0) is 18.4 Å². The Bertz CT molecular complexity index is 789. The first-order valence-electron chi connectivity index (χ1n) is 9.00. The molecule has 1 aromatic heterocycles. The van der Waals surface area contributed by atoms with Crippen molar-refractivity contribution in [3.8, 4) is 11.1 Å². The Morgan fingerprint density at radius 2 is 2.12 bits per heavy atom. The molecule has 7 nitrogen and oxygen atoms in total. The number of carbonyl (C=O) groups excluding carboxylic acids is 2. The van der Waals surface area contributed by atoms with Crippen molar-refractivity contribution in [2.75, 3.05) is 32.8 Å². The lowest BCUT2D eigenvalue weighted by atomic mass is 9.90. The van der Waals surface area contributed by atoms with Crippen molar-refractivity contribution in [2.24, 2.45) is 0 Å². The second kappa shape index (κ2) is 7.19. The molecule has 3 heterocycles. The molecule has 4 rings (SSSR count). The van der Waals surface area contributed by atoms with E-state index in [1.165, 1.54) is 4.90 Å². The van der Waals surface area contributed by atoms with Gasteiger partial charge in [0.2, 0.25) is 5.91 Å². The highest BCUT2D eigenvalue weighted by atomic mass is 16.6. The lowest BCUT2D eigenvalue weighted by Crippen LogP contribution is -2.45. The van der Waals surface area contributed by atoms with Crippen LogP contribution in [-0.2, 0) is 9.53 Å². The van der Waals surface area contributed by atoms with Crippen LogP contribution in [0.5, 0.6) is 0 Å². The minimum Gasteiger partial charge on any atom is -0.448 e. The van der Waals surface area contributed by atoms with Gasteiger partial charge in [0.05, 0.1) is 12.7 Å². The first-order valence-corrected chi connectivity index (χ1v) is 9.00. The summed E-state index contributed by atoms with van der Waals surface area (Å²) in [5, 5.41) is 7.38. The molecular weight excluding hydrogens is 332 g/mol. The molecule has 2 fully saturated rings. The van der Waals surface area contributed by atoms with Crippen molar-refractivity contribution in [1.29, 1.82) is 0 Å². The van der Waals surface area contributed by atoms with Gasteiger partial charge in [0.1, 0.15) is 13.2 Å². The Balaban J connectivity index is 1.47. The SMILES string of the molecule is O=C(CN1CCOC1=O)N1CCC[C@H](c2[nH]ncc2-c2ccccc2)C1. The molecule has 0 unspecified atom stereocenters. The Labute approximate surface area is 151 Å². The predicted octanol–water partition coefficient (Wildman–Crippen LogP) is 2.23. The number of nitrogens with zero attached hydrogens (tertiary/aromatic N) is 3. The first-order chi connectivity index (χ1) is 12.7. The molecule has 7 heteroatoms. The van der Waals surface area contributed by atoms with Crippen molar-refractivity contribution in [3.63, 3.8) is 0 Å². The van der Waals surface area contributed by atoms with E-state index in [1.807, 2.05) is 29.3 Å². The fraction of sp³-hybridized carbons (Fsp3) is 0.421. The lowest BCUT2D eigenvalue weighted by Gasteiger charge is -2.33. The maximum Gasteiger partial charge on any atom is 0.410 e. The molecule has 1 atom stereocenters. The van der Waals surface area contributed by atoms with Crippen LogP contribution in [0.1, 0.15) is 24.5 Å². The molecule has 2 saturated heterocycles. The highest BCUT2D eigenvalue weighted by Crippen LogP contribution is 2.33. The molecule has 0 saturated carbocycles. The number of amides is 2. The summed E-state index contributed by atoms with van der Waals surface area (Å²) in [4.78, 5) is 27.5. The van der Waals surface area contributed by atoms with Crippen molar-refractivity contribution in [1.82, 2.24) is 20.0 Å². The van der Waals surface area contributed by atoms with E-state index in [-0.39, 0.29) is 18.4 Å². The molecule has 136 valence electrons. The largest absolute Gasteiger partial charge is 0.448 e. The number of H-pyrrole nitrogens is 1. The zero-order valence-electron chi connectivity index (χ0n) is 14.6. The zero-order chi connectivity index (χ0) is 17.9. The van der Waals surface area contributed by atoms with Crippen LogP contribution in [0.15, 0.2) is 36.5 Å². The summed E-state index contributed by atoms with van der Waals surface area (Å²) in [7, 11) is 0. The number of hydrogen-bond acceptors (Lipinski definition) is 4. The van der Waals surface area contributed by atoms with Crippen molar-refractivity contribution < 1.29 is 14.3 Å². The molecule has 26 heavy (non-hydrogen) atoms. The summed E-state index contributed by atoms with van der Waals surface area (Å²) in [6.45, 7) is 2.32. The van der Waals surface area contributed by atoms with Gasteiger partial charge in [-0.2, -0.15) is 5.10 Å². The third-order valence-electron chi connectivity index (χ3n) is 5.11. The maximum atomic E-state index is 12.6. The van der Waals surface area contributed by atoms with Gasteiger partial charge >= 0.3 is 6.09 Å². The molecule has 2 aromatic rings. The molecule has 1 N–H and O–H groups in total. The fourth-order valence-corrected chi connectivity index (χ4v) is 3.73. The van der Waals surface area contributed by atoms with Gasteiger partial charge in [0.25, 0.3) is 0 Å². The molecule has 2 aliphatic heterocycles. The normalized spacial score (nSPS) is 20.3. The van der Waals surface area contributed by atoms with Crippen molar-refractivity contribution in [2.45, 2.75) is 18.8 Å². The lowest BCUT2D eigenvalue weighted by molar-refractivity contribution is -0.132. The predicted molar refractivity (Wildman–Crippen MR) is 95.5 cm³/mol. The number of aromatic nitrogens is 2. The quantitative estimate of drug-likeness (QED) is 0.913. The van der Waals surface area contributed by atoms with Crippen LogP contribution in [0.3, 0.4) is 0 Å². The Morgan fingerprint density at radius 3 is 2.88 bits per heavy atom. The molecule has 1 aromatic carbocycles. The van der Waals surface area contributed by atoms with E-state index in [0.717, 1.165) is 36.2 Å². The summed E-state index contributed by atoms with van der Waals surface area (Å²) in [5.41, 5.74) is 3.29. The molecule has 0 aliphatic carbocycles. The molecule has 0 spiro atoms. The fourth-order valence-electron chi connectivity index (χ4n) is 3.73. The first kappa shape index (κ1) is 16.6. The van der Waals surface area contributed by atoms with Gasteiger partial charge in [-0.3, -0.25) is 14.8 Å². The van der Waals surface area contributed by atoms with Gasteiger partial charge in [-0.15, -0.1) is 0 Å². The topological polar surface area (TPSA) is 78.5 Å². The van der Waals surface area contributed by atoms with E-state index in [9.17, 15) is 9.59 Å². The van der Waals surface area contributed by atoms with Crippen molar-refractivity contribution >= 4 is 12.0 Å². The van der Waals surface area contributed by atoms with E-state index >= 15 is 0 Å². The minimum atomic E-state index is -0.396. The molecule has 2 aliphatic rings. The third-order valence-corrected chi connectivity index (χ3v) is 5.11. The summed E-state index contributed by atoms with van der Waals surface area (Å²) in [5.74, 6) is 0.199. The van der Waals surface area contributed by atoms with E-state index in [1.54, 1.807) is 0 Å². The zero-order valence-corrected chi connectivity index (χ0v) is 14.6. The second-order valence-electron chi connectivity index (χ2n) is 6.78. The van der Waals surface area contributed by atoms with Gasteiger partial charge in [0, 0.05) is 30.3 Å². The van der Waals surface area contributed by atoms with Crippen LogP contribution < -0.4 is 0 Å². The van der Waals surface area contributed by atoms with E-state index < -0.39 is 6.09 Å². The van der Waals surface area contributed by atoms with Crippen LogP contribution in [0, 0.1) is 0 Å². The number of cyclic esters (lactones) is 1. The number of benzene rings is 1. The Morgan fingerprint density at radius 1 is 1.27 bits per heavy atom. The number of ether oxygens (including phenoxy) is 1. The van der Waals surface area contributed by atoms with Crippen molar-refractivity contribution in [3.05, 3.63) is 42.2 Å². The van der Waals surface area contributed by atoms with Gasteiger partial charge in [-0.1, -0.05) is 30.3 Å². The number of hydrogen-bond donors (Lipinski definition) is 1. The number of likely N-dealkylation sites (tertiary alicyclic amines) is 1. The van der Waals surface area contributed by atoms with Crippen LogP contribution in [0.25, 0.3) is 11.1 Å². The Hall–Kier alpha value is -2.83. The summed E-state index contributed by atoms with van der Waals surface area (Å²) in [6.07, 6.45) is 3.41. The monoisotopic (exact) mass is 354 g/mol. The Kier molecular flexibility index (Phi) is 4.60. The standard InChI is InChI=1S/C19H22N4O3/c24-17(13-23-9-10-26-19(23)25)22-8-4-7-15(12-22)18-16(11-20-21-18)14-5-2-1-3-6-14/h1-3,5-6,11,15H,4,7-10,12-13H2,(H,20,21)/t15-/m0/s1. The number of piperidine rings is 1. The van der Waals surface area contributed by atoms with Crippen LogP contribution >= 0.6 is 0 Å². The third kappa shape index (κ3) is 3.29. The highest BCUT2D eigenvalue weighted by molar-refractivity contribution is 5.83. The van der Waals surface area contributed by atoms with E-state index in [0.29, 0.717) is 19.7 Å². The van der Waals surface area contributed by atoms with Gasteiger partial charge < -0.3 is 9.64 Å². The summed E-state index contributed by atoms with van der Waals surface area (Å²) < 4.78 is 4.90. The average Bonchev–Trinajstić information content (AvgIpc) is 3.32. The maximum absolute atomic E-state index is 12.6. The highest BCUT2D eigenvalue weighted by Gasteiger charge is 2.31.